The molecule has 2 aromatic rings. The van der Waals surface area contributed by atoms with Crippen molar-refractivity contribution in [3.63, 3.8) is 0 Å². The summed E-state index contributed by atoms with van der Waals surface area (Å²) in [7, 11) is 2.83. The van der Waals surface area contributed by atoms with Crippen LogP contribution in [0.4, 0.5) is 5.69 Å². The average Bonchev–Trinajstić information content (AvgIpc) is 2.70. The molecule has 0 aliphatic rings. The van der Waals surface area contributed by atoms with Crippen molar-refractivity contribution in [2.45, 2.75) is 19.1 Å². The molecule has 0 aliphatic heterocycles. The van der Waals surface area contributed by atoms with E-state index >= 15 is 0 Å². The van der Waals surface area contributed by atoms with Gasteiger partial charge in [-0.2, -0.15) is 0 Å². The summed E-state index contributed by atoms with van der Waals surface area (Å²) in [4.78, 5) is 26.3. The summed E-state index contributed by atoms with van der Waals surface area (Å²) in [6, 6.07) is 16.5. The van der Waals surface area contributed by atoms with Gasteiger partial charge >= 0.3 is 5.97 Å². The molecule has 0 aliphatic carbocycles. The molecule has 7 heteroatoms. The number of hydrogen-bond acceptors (Lipinski definition) is 6. The highest BCUT2D eigenvalue weighted by molar-refractivity contribution is 5.89. The van der Waals surface area contributed by atoms with Gasteiger partial charge in [0.1, 0.15) is 5.75 Å². The summed E-state index contributed by atoms with van der Waals surface area (Å²) in [6.07, 6.45) is 0. The number of nitrogens with one attached hydrogen (secondary N) is 1. The second-order valence-electron chi connectivity index (χ2n) is 6.19. The number of carbonyl (C=O) groups excluding carboxylic acids is 2. The minimum absolute atomic E-state index is 0.0249. The summed E-state index contributed by atoms with van der Waals surface area (Å²) in [5, 5.41) is 3.04. The summed E-state index contributed by atoms with van der Waals surface area (Å²) in [5.74, 6) is -0.292. The Morgan fingerprint density at radius 3 is 2.26 bits per heavy atom. The predicted octanol–water partition coefficient (Wildman–Crippen LogP) is 1.98. The van der Waals surface area contributed by atoms with Crippen LogP contribution in [0.25, 0.3) is 0 Å². The van der Waals surface area contributed by atoms with Crippen LogP contribution in [0.3, 0.4) is 0 Å². The van der Waals surface area contributed by atoms with E-state index in [0.717, 1.165) is 17.0 Å². The van der Waals surface area contributed by atoms with Gasteiger partial charge in [0.05, 0.1) is 20.8 Å². The van der Waals surface area contributed by atoms with Gasteiger partial charge in [0, 0.05) is 12.2 Å². The van der Waals surface area contributed by atoms with Gasteiger partial charge in [-0.3, -0.25) is 10.5 Å². The number of benzene rings is 2. The molecule has 0 saturated heterocycles. The van der Waals surface area contributed by atoms with Crippen molar-refractivity contribution in [3.05, 3.63) is 60.2 Å². The Kier molecular flexibility index (Phi) is 6.79. The lowest BCUT2D eigenvalue weighted by atomic mass is 10.1. The molecule has 7 nitrogen and oxygen atoms in total. The maximum absolute atomic E-state index is 12.9. The molecule has 144 valence electrons. The van der Waals surface area contributed by atoms with E-state index in [9.17, 15) is 9.59 Å². The van der Waals surface area contributed by atoms with E-state index < -0.39 is 11.6 Å². The van der Waals surface area contributed by atoms with Crippen molar-refractivity contribution < 1.29 is 19.1 Å². The van der Waals surface area contributed by atoms with Gasteiger partial charge in [0.15, 0.2) is 5.66 Å². The van der Waals surface area contributed by atoms with Crippen LogP contribution < -0.4 is 15.8 Å². The maximum atomic E-state index is 12.9. The number of rotatable bonds is 8. The van der Waals surface area contributed by atoms with Crippen molar-refractivity contribution in [2.75, 3.05) is 26.1 Å². The number of anilines is 1. The van der Waals surface area contributed by atoms with Crippen molar-refractivity contribution in [2.24, 2.45) is 5.73 Å². The maximum Gasteiger partial charge on any atom is 0.346 e. The topological polar surface area (TPSA) is 93.9 Å². The van der Waals surface area contributed by atoms with E-state index in [0.29, 0.717) is 0 Å². The fourth-order valence-corrected chi connectivity index (χ4v) is 2.58. The second-order valence-corrected chi connectivity index (χ2v) is 6.19. The van der Waals surface area contributed by atoms with Gasteiger partial charge in [0.25, 0.3) is 0 Å². The Morgan fingerprint density at radius 1 is 1.07 bits per heavy atom. The first-order valence-corrected chi connectivity index (χ1v) is 8.48. The van der Waals surface area contributed by atoms with Crippen LogP contribution in [0.15, 0.2) is 54.6 Å². The third-order valence-corrected chi connectivity index (χ3v) is 4.18. The van der Waals surface area contributed by atoms with Crippen LogP contribution in [0.5, 0.6) is 5.75 Å². The molecule has 0 unspecified atom stereocenters. The molecule has 0 fully saturated rings. The van der Waals surface area contributed by atoms with Crippen LogP contribution >= 0.6 is 0 Å². The van der Waals surface area contributed by atoms with Crippen LogP contribution in [-0.4, -0.2) is 43.2 Å². The van der Waals surface area contributed by atoms with Crippen LogP contribution in [-0.2, 0) is 20.9 Å². The normalized spacial score (nSPS) is 12.6. The highest BCUT2D eigenvalue weighted by Crippen LogP contribution is 2.18. The van der Waals surface area contributed by atoms with Crippen molar-refractivity contribution in [1.29, 1.82) is 0 Å². The van der Waals surface area contributed by atoms with E-state index in [1.54, 1.807) is 31.4 Å². The average molecular weight is 371 g/mol. The van der Waals surface area contributed by atoms with Gasteiger partial charge in [-0.1, -0.05) is 30.3 Å². The van der Waals surface area contributed by atoms with E-state index in [4.69, 9.17) is 15.2 Å². The summed E-state index contributed by atoms with van der Waals surface area (Å²) in [6.45, 7) is 1.63. The molecule has 0 aromatic heterocycles. The lowest BCUT2D eigenvalue weighted by Gasteiger charge is -2.36. The zero-order chi connectivity index (χ0) is 19.9. The highest BCUT2D eigenvalue weighted by atomic mass is 16.5. The largest absolute Gasteiger partial charge is 0.497 e. The summed E-state index contributed by atoms with van der Waals surface area (Å²) in [5.41, 5.74) is 6.17. The molecule has 0 radical (unpaired) electrons. The standard InChI is InChI=1S/C20H25N3O4/c1-20(21,19(25)27-3)23(14-15-7-5-4-6-8-15)18(24)13-22-16-9-11-17(26-2)12-10-16/h4-12,22H,13-14,21H2,1-3H3/t20-/m1/s1. The number of nitrogens with two attached hydrogens (primary N) is 1. The number of carbonyl (C=O) groups is 2. The number of nitrogens with zero attached hydrogens (tertiary/aromatic N) is 1. The van der Waals surface area contributed by atoms with E-state index in [1.807, 2.05) is 30.3 Å². The fourth-order valence-electron chi connectivity index (χ4n) is 2.58. The number of esters is 1. The highest BCUT2D eigenvalue weighted by Gasteiger charge is 2.39. The zero-order valence-electron chi connectivity index (χ0n) is 15.8. The fraction of sp³-hybridized carbons (Fsp3) is 0.300. The molecule has 27 heavy (non-hydrogen) atoms. The SMILES string of the molecule is COC(=O)[C@](C)(N)N(Cc1ccccc1)C(=O)CNc1ccc(OC)cc1. The first-order valence-electron chi connectivity index (χ1n) is 8.48. The Hall–Kier alpha value is -3.06. The lowest BCUT2D eigenvalue weighted by Crippen LogP contribution is -2.62. The van der Waals surface area contributed by atoms with Crippen LogP contribution in [0, 0.1) is 0 Å². The first kappa shape index (κ1) is 20.3. The smallest absolute Gasteiger partial charge is 0.346 e. The molecule has 2 aromatic carbocycles. The zero-order valence-corrected chi connectivity index (χ0v) is 15.8. The number of ether oxygens (including phenoxy) is 2. The Morgan fingerprint density at radius 2 is 1.70 bits per heavy atom. The second kappa shape index (κ2) is 9.05. The molecule has 1 atom stereocenters. The quantitative estimate of drug-likeness (QED) is 0.544. The number of amides is 1. The Balaban J connectivity index is 2.15. The first-order chi connectivity index (χ1) is 12.9. The molecular formula is C20H25N3O4. The van der Waals surface area contributed by atoms with E-state index in [-0.39, 0.29) is 19.0 Å². The van der Waals surface area contributed by atoms with Gasteiger partial charge < -0.3 is 19.7 Å². The summed E-state index contributed by atoms with van der Waals surface area (Å²) < 4.78 is 9.89. The van der Waals surface area contributed by atoms with E-state index in [1.165, 1.54) is 18.9 Å². The Bertz CT molecular complexity index is 761. The summed E-state index contributed by atoms with van der Waals surface area (Å²) >= 11 is 0. The third-order valence-electron chi connectivity index (χ3n) is 4.18. The van der Waals surface area contributed by atoms with Gasteiger partial charge in [-0.05, 0) is 36.8 Å². The molecular weight excluding hydrogens is 346 g/mol. The van der Waals surface area contributed by atoms with Gasteiger partial charge in [-0.25, -0.2) is 4.79 Å². The molecule has 0 heterocycles. The molecule has 2 rings (SSSR count). The Labute approximate surface area is 159 Å². The van der Waals surface area contributed by atoms with Crippen molar-refractivity contribution >= 4 is 17.6 Å². The monoisotopic (exact) mass is 371 g/mol. The number of methoxy groups -OCH3 is 2. The van der Waals surface area contributed by atoms with E-state index in [2.05, 4.69) is 5.32 Å². The van der Waals surface area contributed by atoms with Crippen molar-refractivity contribution in [1.82, 2.24) is 4.90 Å². The van der Waals surface area contributed by atoms with Gasteiger partial charge in [-0.15, -0.1) is 0 Å². The van der Waals surface area contributed by atoms with Crippen LogP contribution in [0.2, 0.25) is 0 Å². The number of hydrogen-bond donors (Lipinski definition) is 2. The molecule has 3 N–H and O–H groups in total. The van der Waals surface area contributed by atoms with Crippen molar-refractivity contribution in [3.8, 4) is 5.75 Å². The molecule has 1 amide bonds. The van der Waals surface area contributed by atoms with Gasteiger partial charge in [0.2, 0.25) is 5.91 Å². The minimum atomic E-state index is -1.59. The minimum Gasteiger partial charge on any atom is -0.497 e. The predicted molar refractivity (Wildman–Crippen MR) is 103 cm³/mol. The third kappa shape index (κ3) is 5.21. The van der Waals surface area contributed by atoms with Crippen LogP contribution in [0.1, 0.15) is 12.5 Å². The lowest BCUT2D eigenvalue weighted by molar-refractivity contribution is -0.160. The molecule has 0 saturated carbocycles. The molecule has 0 bridgehead atoms. The molecule has 0 spiro atoms.